The summed E-state index contributed by atoms with van der Waals surface area (Å²) < 4.78 is 16.5. The predicted octanol–water partition coefficient (Wildman–Crippen LogP) is 2.32. The van der Waals surface area contributed by atoms with Crippen molar-refractivity contribution in [2.75, 3.05) is 12.1 Å². The molecule has 9 nitrogen and oxygen atoms in total. The van der Waals surface area contributed by atoms with Crippen molar-refractivity contribution >= 4 is 40.3 Å². The summed E-state index contributed by atoms with van der Waals surface area (Å²) in [6.45, 7) is -0.274. The number of imide groups is 1. The maximum atomic E-state index is 12.1. The van der Waals surface area contributed by atoms with Crippen LogP contribution in [-0.2, 0) is 11.3 Å². The van der Waals surface area contributed by atoms with Crippen molar-refractivity contribution in [3.63, 3.8) is 0 Å². The highest BCUT2D eigenvalue weighted by Gasteiger charge is 2.17. The number of amides is 3. The summed E-state index contributed by atoms with van der Waals surface area (Å²) in [6, 6.07) is 8.67. The first kappa shape index (κ1) is 17.0. The number of benzene rings is 2. The lowest BCUT2D eigenvalue weighted by Crippen LogP contribution is -2.37. The second-order valence-electron chi connectivity index (χ2n) is 5.64. The van der Waals surface area contributed by atoms with Crippen LogP contribution in [0.15, 0.2) is 45.6 Å². The summed E-state index contributed by atoms with van der Waals surface area (Å²) in [4.78, 5) is 36.0. The van der Waals surface area contributed by atoms with Gasteiger partial charge in [0.25, 0.3) is 0 Å². The minimum absolute atomic E-state index is 0.113. The topological polar surface area (TPSA) is 112 Å². The average Bonchev–Trinajstić information content (AvgIpc) is 3.18. The lowest BCUT2D eigenvalue weighted by Gasteiger charge is -2.07. The smallest absolute Gasteiger partial charge is 0.420 e. The van der Waals surface area contributed by atoms with Crippen LogP contribution in [0.5, 0.6) is 11.5 Å². The van der Waals surface area contributed by atoms with Crippen LogP contribution in [0.1, 0.15) is 0 Å². The van der Waals surface area contributed by atoms with Crippen LogP contribution in [0.4, 0.5) is 10.5 Å². The Balaban J connectivity index is 1.43. The van der Waals surface area contributed by atoms with Gasteiger partial charge in [0.15, 0.2) is 17.1 Å². The molecule has 2 aromatic carbocycles. The van der Waals surface area contributed by atoms with Crippen molar-refractivity contribution in [1.82, 2.24) is 9.88 Å². The normalized spacial score (nSPS) is 12.2. The second kappa shape index (κ2) is 6.69. The Hall–Kier alpha value is -3.46. The highest BCUT2D eigenvalue weighted by atomic mass is 35.5. The van der Waals surface area contributed by atoms with Gasteiger partial charge in [-0.25, -0.2) is 9.59 Å². The fraction of sp³-hybridized carbons (Fsp3) is 0.118. The minimum atomic E-state index is -0.747. The molecule has 1 aliphatic heterocycles. The van der Waals surface area contributed by atoms with Crippen molar-refractivity contribution in [1.29, 1.82) is 0 Å². The van der Waals surface area contributed by atoms with Gasteiger partial charge in [-0.15, -0.1) is 0 Å². The number of nitrogens with zero attached hydrogens (tertiary/aromatic N) is 1. The van der Waals surface area contributed by atoms with Gasteiger partial charge in [-0.1, -0.05) is 11.6 Å². The van der Waals surface area contributed by atoms with Crippen LogP contribution in [-0.4, -0.2) is 23.3 Å². The number of halogens is 1. The number of ether oxygens (including phenoxy) is 2. The molecule has 2 heterocycles. The number of oxazole rings is 1. The zero-order valence-electron chi connectivity index (χ0n) is 13.7. The highest BCUT2D eigenvalue weighted by Crippen LogP contribution is 2.34. The molecule has 0 fully saturated rings. The quantitative estimate of drug-likeness (QED) is 0.711. The van der Waals surface area contributed by atoms with Gasteiger partial charge in [0.2, 0.25) is 12.7 Å². The van der Waals surface area contributed by atoms with Crippen molar-refractivity contribution in [2.24, 2.45) is 0 Å². The zero-order valence-corrected chi connectivity index (χ0v) is 14.4. The fourth-order valence-corrected chi connectivity index (χ4v) is 2.80. The first-order valence-corrected chi connectivity index (χ1v) is 8.17. The lowest BCUT2D eigenvalue weighted by atomic mass is 10.3. The van der Waals surface area contributed by atoms with E-state index >= 15 is 0 Å². The van der Waals surface area contributed by atoms with Gasteiger partial charge >= 0.3 is 11.8 Å². The summed E-state index contributed by atoms with van der Waals surface area (Å²) in [5.74, 6) is -0.343. The highest BCUT2D eigenvalue weighted by molar-refractivity contribution is 6.31. The minimum Gasteiger partial charge on any atom is -0.454 e. The number of urea groups is 1. The van der Waals surface area contributed by atoms with Crippen LogP contribution in [0.3, 0.4) is 0 Å². The van der Waals surface area contributed by atoms with Crippen LogP contribution in [0.25, 0.3) is 11.1 Å². The molecule has 0 unspecified atom stereocenters. The third-order valence-electron chi connectivity index (χ3n) is 3.82. The average molecular weight is 390 g/mol. The van der Waals surface area contributed by atoms with Crippen molar-refractivity contribution in [2.45, 2.75) is 6.54 Å². The number of nitrogens with one attached hydrogen (secondary N) is 2. The molecule has 2 N–H and O–H groups in total. The molecule has 0 bridgehead atoms. The molecule has 27 heavy (non-hydrogen) atoms. The number of anilines is 1. The summed E-state index contributed by atoms with van der Waals surface area (Å²) in [6.07, 6.45) is 0. The summed E-state index contributed by atoms with van der Waals surface area (Å²) in [5.41, 5.74) is 1.07. The Morgan fingerprint density at radius 2 is 1.93 bits per heavy atom. The first-order valence-electron chi connectivity index (χ1n) is 7.79. The van der Waals surface area contributed by atoms with E-state index in [2.05, 4.69) is 10.6 Å². The maximum absolute atomic E-state index is 12.1. The van der Waals surface area contributed by atoms with E-state index in [1.807, 2.05) is 0 Å². The molecule has 1 aliphatic rings. The molecule has 4 rings (SSSR count). The number of carbonyl (C=O) groups excluding carboxylic acids is 2. The van der Waals surface area contributed by atoms with Crippen LogP contribution in [0.2, 0.25) is 5.02 Å². The van der Waals surface area contributed by atoms with E-state index in [1.54, 1.807) is 30.3 Å². The lowest BCUT2D eigenvalue weighted by molar-refractivity contribution is -0.120. The summed E-state index contributed by atoms with van der Waals surface area (Å²) in [7, 11) is 0. The third-order valence-corrected chi connectivity index (χ3v) is 4.05. The van der Waals surface area contributed by atoms with Crippen molar-refractivity contribution in [3.05, 3.63) is 52.0 Å². The van der Waals surface area contributed by atoms with E-state index in [1.165, 1.54) is 6.07 Å². The molecule has 1 aromatic heterocycles. The van der Waals surface area contributed by atoms with E-state index in [0.717, 1.165) is 4.57 Å². The van der Waals surface area contributed by atoms with E-state index in [-0.39, 0.29) is 18.9 Å². The Kier molecular flexibility index (Phi) is 4.21. The molecule has 0 radical (unpaired) electrons. The number of hydrogen-bond acceptors (Lipinski definition) is 6. The maximum Gasteiger partial charge on any atom is 0.420 e. The monoisotopic (exact) mass is 389 g/mol. The predicted molar refractivity (Wildman–Crippen MR) is 95.2 cm³/mol. The van der Waals surface area contributed by atoms with Gasteiger partial charge in [0, 0.05) is 22.8 Å². The van der Waals surface area contributed by atoms with Gasteiger partial charge in [-0.3, -0.25) is 14.7 Å². The second-order valence-corrected chi connectivity index (χ2v) is 6.07. The van der Waals surface area contributed by atoms with Crippen LogP contribution >= 0.6 is 11.6 Å². The van der Waals surface area contributed by atoms with E-state index in [9.17, 15) is 14.4 Å². The number of fused-ring (bicyclic) bond motifs is 2. The number of hydrogen-bond donors (Lipinski definition) is 2. The largest absolute Gasteiger partial charge is 0.454 e. The molecule has 10 heteroatoms. The molecule has 0 aliphatic carbocycles. The molecule has 0 atom stereocenters. The SMILES string of the molecule is O=C(Cn1c(=O)oc2cc(Cl)ccc21)NC(=O)Nc1ccc2c(c1)OCO2. The zero-order chi connectivity index (χ0) is 19.0. The molecule has 138 valence electrons. The Morgan fingerprint density at radius 1 is 1.11 bits per heavy atom. The Morgan fingerprint density at radius 3 is 2.78 bits per heavy atom. The molecule has 0 saturated heterocycles. The van der Waals surface area contributed by atoms with Gasteiger partial charge in [0.05, 0.1) is 5.52 Å². The van der Waals surface area contributed by atoms with Gasteiger partial charge in [-0.05, 0) is 24.3 Å². The van der Waals surface area contributed by atoms with Gasteiger partial charge in [0.1, 0.15) is 6.54 Å². The van der Waals surface area contributed by atoms with Crippen LogP contribution < -0.4 is 25.9 Å². The fourth-order valence-electron chi connectivity index (χ4n) is 2.64. The summed E-state index contributed by atoms with van der Waals surface area (Å²) >= 11 is 5.85. The molecular weight excluding hydrogens is 378 g/mol. The van der Waals surface area contributed by atoms with Crippen molar-refractivity contribution in [3.8, 4) is 11.5 Å². The number of carbonyl (C=O) groups is 2. The Bertz CT molecular complexity index is 1120. The number of rotatable bonds is 3. The van der Waals surface area contributed by atoms with Gasteiger partial charge in [-0.2, -0.15) is 0 Å². The molecule has 3 amide bonds. The number of aromatic nitrogens is 1. The van der Waals surface area contributed by atoms with E-state index < -0.39 is 17.7 Å². The van der Waals surface area contributed by atoms with E-state index in [4.69, 9.17) is 25.5 Å². The molecule has 3 aromatic rings. The summed E-state index contributed by atoms with van der Waals surface area (Å²) in [5, 5.41) is 5.05. The van der Waals surface area contributed by atoms with Crippen molar-refractivity contribution < 1.29 is 23.5 Å². The molecule has 0 spiro atoms. The third kappa shape index (κ3) is 3.44. The standard InChI is InChI=1S/C17H12ClN3O6/c18-9-1-3-11-13(5-9)27-17(24)21(11)7-15(22)20-16(23)19-10-2-4-12-14(6-10)26-8-25-12/h1-6H,7-8H2,(H2,19,20,22,23). The Labute approximate surface area is 156 Å². The first-order chi connectivity index (χ1) is 13.0. The van der Waals surface area contributed by atoms with Gasteiger partial charge < -0.3 is 19.2 Å². The molecular formula is C17H12ClN3O6. The van der Waals surface area contributed by atoms with Crippen LogP contribution in [0, 0.1) is 0 Å². The van der Waals surface area contributed by atoms with E-state index in [0.29, 0.717) is 27.7 Å². The molecule has 0 saturated carbocycles.